The van der Waals surface area contributed by atoms with E-state index in [1.165, 1.54) is 0 Å². The average molecular weight is 379 g/mol. The first-order chi connectivity index (χ1) is 13.7. The Morgan fingerprint density at radius 1 is 1.21 bits per heavy atom. The van der Waals surface area contributed by atoms with E-state index in [-0.39, 0.29) is 5.91 Å². The van der Waals surface area contributed by atoms with Crippen LogP contribution in [0.2, 0.25) is 0 Å². The van der Waals surface area contributed by atoms with Crippen LogP contribution in [-0.2, 0) is 11.3 Å². The Morgan fingerprint density at radius 3 is 2.79 bits per heavy atom. The Morgan fingerprint density at radius 2 is 2.07 bits per heavy atom. The molecule has 3 aromatic rings. The molecule has 0 radical (unpaired) electrons. The number of amides is 1. The molecule has 144 valence electrons. The van der Waals surface area contributed by atoms with Gasteiger partial charge in [0.1, 0.15) is 5.69 Å². The predicted octanol–water partition coefficient (Wildman–Crippen LogP) is 2.52. The highest BCUT2D eigenvalue weighted by Gasteiger charge is 2.13. The van der Waals surface area contributed by atoms with E-state index in [0.29, 0.717) is 28.7 Å². The number of aryl methyl sites for hydroxylation is 1. The number of anilines is 1. The molecule has 0 bridgehead atoms. The number of pyridine rings is 1. The van der Waals surface area contributed by atoms with E-state index >= 15 is 0 Å². The maximum absolute atomic E-state index is 12.6. The van der Waals surface area contributed by atoms with E-state index < -0.39 is 0 Å². The van der Waals surface area contributed by atoms with Crippen LogP contribution < -0.4 is 5.32 Å². The van der Waals surface area contributed by atoms with Crippen LogP contribution in [0.15, 0.2) is 47.1 Å². The minimum absolute atomic E-state index is 0.174. The van der Waals surface area contributed by atoms with Gasteiger partial charge in [0.15, 0.2) is 5.82 Å². The number of carbonyl (C=O) groups excluding carboxylic acids is 1. The Kier molecular flexibility index (Phi) is 5.41. The summed E-state index contributed by atoms with van der Waals surface area (Å²) in [7, 11) is 0. The second-order valence-corrected chi connectivity index (χ2v) is 6.62. The monoisotopic (exact) mass is 379 g/mol. The molecule has 1 fully saturated rings. The third-order valence-corrected chi connectivity index (χ3v) is 4.47. The fraction of sp³-hybridized carbons (Fsp3) is 0.300. The number of rotatable bonds is 5. The Labute approximate surface area is 162 Å². The Bertz CT molecular complexity index is 948. The van der Waals surface area contributed by atoms with Gasteiger partial charge in [-0.2, -0.15) is 4.98 Å². The Balaban J connectivity index is 1.41. The van der Waals surface area contributed by atoms with E-state index in [4.69, 9.17) is 9.26 Å². The average Bonchev–Trinajstić information content (AvgIpc) is 3.16. The smallest absolute Gasteiger partial charge is 0.276 e. The van der Waals surface area contributed by atoms with Gasteiger partial charge in [0.05, 0.1) is 25.1 Å². The number of aromatic nitrogens is 3. The predicted molar refractivity (Wildman–Crippen MR) is 103 cm³/mol. The molecular formula is C20H21N5O3. The SMILES string of the molecule is Cc1noc(-c2ccc(NC(=O)c3cccc(CN4CCOCC4)c3)cn2)n1. The third-order valence-electron chi connectivity index (χ3n) is 4.47. The highest BCUT2D eigenvalue weighted by Crippen LogP contribution is 2.17. The molecule has 2 aromatic heterocycles. The topological polar surface area (TPSA) is 93.4 Å². The van der Waals surface area contributed by atoms with Gasteiger partial charge >= 0.3 is 0 Å². The van der Waals surface area contributed by atoms with E-state index in [9.17, 15) is 4.79 Å². The van der Waals surface area contributed by atoms with Crippen molar-refractivity contribution in [3.05, 3.63) is 59.5 Å². The van der Waals surface area contributed by atoms with Crippen LogP contribution in [0.5, 0.6) is 0 Å². The van der Waals surface area contributed by atoms with Crippen molar-refractivity contribution in [2.24, 2.45) is 0 Å². The molecule has 1 aromatic carbocycles. The fourth-order valence-electron chi connectivity index (χ4n) is 3.03. The molecule has 0 aliphatic carbocycles. The summed E-state index contributed by atoms with van der Waals surface area (Å²) in [4.78, 5) is 23.3. The molecule has 8 heteroatoms. The largest absolute Gasteiger partial charge is 0.379 e. The summed E-state index contributed by atoms with van der Waals surface area (Å²) in [6, 6.07) is 11.2. The van der Waals surface area contributed by atoms with Crippen molar-refractivity contribution in [3.8, 4) is 11.6 Å². The molecule has 1 amide bonds. The number of hydrogen-bond acceptors (Lipinski definition) is 7. The first kappa shape index (κ1) is 18.3. The third kappa shape index (κ3) is 4.41. The van der Waals surface area contributed by atoms with E-state index in [0.717, 1.165) is 38.4 Å². The van der Waals surface area contributed by atoms with Crippen LogP contribution in [0.1, 0.15) is 21.7 Å². The van der Waals surface area contributed by atoms with Gasteiger partial charge in [0.25, 0.3) is 11.8 Å². The van der Waals surface area contributed by atoms with Gasteiger partial charge in [-0.15, -0.1) is 0 Å². The zero-order valence-corrected chi connectivity index (χ0v) is 15.6. The van der Waals surface area contributed by atoms with Crippen molar-refractivity contribution >= 4 is 11.6 Å². The van der Waals surface area contributed by atoms with Crippen LogP contribution in [0.25, 0.3) is 11.6 Å². The second kappa shape index (κ2) is 8.28. The van der Waals surface area contributed by atoms with Gasteiger partial charge in [-0.1, -0.05) is 17.3 Å². The summed E-state index contributed by atoms with van der Waals surface area (Å²) in [5, 5.41) is 6.62. The minimum Gasteiger partial charge on any atom is -0.379 e. The summed E-state index contributed by atoms with van der Waals surface area (Å²) in [6.07, 6.45) is 1.57. The van der Waals surface area contributed by atoms with Crippen LogP contribution in [0.4, 0.5) is 5.69 Å². The second-order valence-electron chi connectivity index (χ2n) is 6.62. The molecule has 3 heterocycles. The molecule has 0 atom stereocenters. The van der Waals surface area contributed by atoms with E-state index in [1.54, 1.807) is 31.3 Å². The van der Waals surface area contributed by atoms with Crippen molar-refractivity contribution in [2.75, 3.05) is 31.6 Å². The van der Waals surface area contributed by atoms with Gasteiger partial charge in [0, 0.05) is 25.2 Å². The molecular weight excluding hydrogens is 358 g/mol. The summed E-state index contributed by atoms with van der Waals surface area (Å²) >= 11 is 0. The number of carbonyl (C=O) groups is 1. The number of hydrogen-bond donors (Lipinski definition) is 1. The van der Waals surface area contributed by atoms with Crippen molar-refractivity contribution < 1.29 is 14.1 Å². The fourth-order valence-corrected chi connectivity index (χ4v) is 3.03. The number of morpholine rings is 1. The van der Waals surface area contributed by atoms with Crippen molar-refractivity contribution in [3.63, 3.8) is 0 Å². The molecule has 8 nitrogen and oxygen atoms in total. The number of nitrogens with zero attached hydrogens (tertiary/aromatic N) is 4. The highest BCUT2D eigenvalue weighted by molar-refractivity contribution is 6.04. The lowest BCUT2D eigenvalue weighted by Gasteiger charge is -2.26. The lowest BCUT2D eigenvalue weighted by Crippen LogP contribution is -2.35. The van der Waals surface area contributed by atoms with Crippen LogP contribution in [0.3, 0.4) is 0 Å². The van der Waals surface area contributed by atoms with Crippen molar-refractivity contribution in [1.82, 2.24) is 20.0 Å². The number of benzene rings is 1. The maximum Gasteiger partial charge on any atom is 0.276 e. The summed E-state index contributed by atoms with van der Waals surface area (Å²) in [5.74, 6) is 0.726. The standard InChI is InChI=1S/C20H21N5O3/c1-14-22-20(28-24-14)18-6-5-17(12-21-18)23-19(26)16-4-2-3-15(11-16)13-25-7-9-27-10-8-25/h2-6,11-12H,7-10,13H2,1H3,(H,23,26). The number of nitrogens with one attached hydrogen (secondary N) is 1. The summed E-state index contributed by atoms with van der Waals surface area (Å²) in [6.45, 7) is 5.89. The molecule has 4 rings (SSSR count). The van der Waals surface area contributed by atoms with Crippen molar-refractivity contribution in [1.29, 1.82) is 0 Å². The van der Waals surface area contributed by atoms with Crippen molar-refractivity contribution in [2.45, 2.75) is 13.5 Å². The van der Waals surface area contributed by atoms with Gasteiger partial charge in [-0.05, 0) is 36.8 Å². The highest BCUT2D eigenvalue weighted by atomic mass is 16.5. The van der Waals surface area contributed by atoms with Crippen LogP contribution in [-0.4, -0.2) is 52.2 Å². The molecule has 1 aliphatic rings. The lowest BCUT2D eigenvalue weighted by atomic mass is 10.1. The van der Waals surface area contributed by atoms with E-state index in [2.05, 4.69) is 25.3 Å². The first-order valence-corrected chi connectivity index (χ1v) is 9.14. The lowest BCUT2D eigenvalue weighted by molar-refractivity contribution is 0.0342. The number of ether oxygens (including phenoxy) is 1. The molecule has 0 spiro atoms. The molecule has 28 heavy (non-hydrogen) atoms. The summed E-state index contributed by atoms with van der Waals surface area (Å²) < 4.78 is 10.5. The van der Waals surface area contributed by atoms with Gasteiger partial charge in [0.2, 0.25) is 0 Å². The first-order valence-electron chi connectivity index (χ1n) is 9.14. The molecule has 0 saturated carbocycles. The molecule has 1 aliphatic heterocycles. The van der Waals surface area contributed by atoms with Crippen LogP contribution in [0, 0.1) is 6.92 Å². The quantitative estimate of drug-likeness (QED) is 0.728. The zero-order chi connectivity index (χ0) is 19.3. The van der Waals surface area contributed by atoms with Gasteiger partial charge in [-0.25, -0.2) is 4.98 Å². The molecule has 1 saturated heterocycles. The van der Waals surface area contributed by atoms with Crippen LogP contribution >= 0.6 is 0 Å². The molecule has 1 N–H and O–H groups in total. The molecule has 0 unspecified atom stereocenters. The normalized spacial score (nSPS) is 14.8. The van der Waals surface area contributed by atoms with Gasteiger partial charge in [-0.3, -0.25) is 9.69 Å². The zero-order valence-electron chi connectivity index (χ0n) is 15.6. The maximum atomic E-state index is 12.6. The van der Waals surface area contributed by atoms with E-state index in [1.807, 2.05) is 18.2 Å². The summed E-state index contributed by atoms with van der Waals surface area (Å²) in [5.41, 5.74) is 2.88. The van der Waals surface area contributed by atoms with Gasteiger partial charge < -0.3 is 14.6 Å². The Hall–Kier alpha value is -3.10. The minimum atomic E-state index is -0.174.